The van der Waals surface area contributed by atoms with E-state index in [1.165, 1.54) is 36.9 Å². The molecule has 0 radical (unpaired) electrons. The van der Waals surface area contributed by atoms with E-state index in [2.05, 4.69) is 27.1 Å². The van der Waals surface area contributed by atoms with E-state index >= 15 is 0 Å². The van der Waals surface area contributed by atoms with Gasteiger partial charge in [0, 0.05) is 22.6 Å². The fraction of sp³-hybridized carbons (Fsp3) is 0.263. The molecular formula is C19H18ClN3S. The third-order valence-electron chi connectivity index (χ3n) is 4.44. The van der Waals surface area contributed by atoms with Gasteiger partial charge in [0.1, 0.15) is 0 Å². The lowest BCUT2D eigenvalue weighted by atomic mass is 10.1. The fourth-order valence-corrected chi connectivity index (χ4v) is 4.39. The topological polar surface area (TPSA) is 30.2 Å². The molecule has 4 rings (SSSR count). The van der Waals surface area contributed by atoms with E-state index in [4.69, 9.17) is 16.6 Å². The van der Waals surface area contributed by atoms with Gasteiger partial charge in [-0.3, -0.25) is 4.98 Å². The molecule has 1 aliphatic rings. The summed E-state index contributed by atoms with van der Waals surface area (Å²) in [6.07, 6.45) is 8.60. The Morgan fingerprint density at radius 1 is 1.12 bits per heavy atom. The highest BCUT2D eigenvalue weighted by atomic mass is 35.5. The van der Waals surface area contributed by atoms with Gasteiger partial charge in [-0.15, -0.1) is 11.3 Å². The Bertz CT molecular complexity index is 875. The number of benzene rings is 1. The van der Waals surface area contributed by atoms with E-state index in [9.17, 15) is 0 Å². The first-order valence-corrected chi connectivity index (χ1v) is 9.48. The van der Waals surface area contributed by atoms with Crippen LogP contribution in [0.4, 0.5) is 5.69 Å². The maximum absolute atomic E-state index is 6.05. The number of halogens is 1. The van der Waals surface area contributed by atoms with Crippen molar-refractivity contribution in [2.75, 3.05) is 0 Å². The van der Waals surface area contributed by atoms with Crippen LogP contribution in [0.25, 0.3) is 11.3 Å². The van der Waals surface area contributed by atoms with Crippen molar-refractivity contribution in [3.05, 3.63) is 64.0 Å². The molecule has 24 heavy (non-hydrogen) atoms. The van der Waals surface area contributed by atoms with Crippen LogP contribution < -0.4 is 4.80 Å². The number of rotatable bonds is 3. The van der Waals surface area contributed by atoms with Crippen LogP contribution in [0.3, 0.4) is 0 Å². The molecule has 1 saturated carbocycles. The van der Waals surface area contributed by atoms with Gasteiger partial charge in [0.05, 0.1) is 17.6 Å². The van der Waals surface area contributed by atoms with E-state index in [1.807, 2.05) is 24.3 Å². The molecule has 0 atom stereocenters. The highest BCUT2D eigenvalue weighted by Gasteiger charge is 2.21. The number of pyridine rings is 1. The third kappa shape index (κ3) is 3.17. The van der Waals surface area contributed by atoms with E-state index in [1.54, 1.807) is 23.7 Å². The summed E-state index contributed by atoms with van der Waals surface area (Å²) in [5.74, 6) is 0. The van der Waals surface area contributed by atoms with Crippen molar-refractivity contribution in [2.45, 2.75) is 31.7 Å². The molecule has 122 valence electrons. The molecule has 3 aromatic rings. The summed E-state index contributed by atoms with van der Waals surface area (Å²) in [6, 6.07) is 12.5. The monoisotopic (exact) mass is 355 g/mol. The lowest BCUT2D eigenvalue weighted by Crippen LogP contribution is -2.19. The van der Waals surface area contributed by atoms with Crippen LogP contribution in [0, 0.1) is 0 Å². The second-order valence-electron chi connectivity index (χ2n) is 6.04. The summed E-state index contributed by atoms with van der Waals surface area (Å²) in [5, 5.41) is 2.97. The molecule has 2 aromatic heterocycles. The van der Waals surface area contributed by atoms with Crippen LogP contribution >= 0.6 is 22.9 Å². The Morgan fingerprint density at radius 3 is 2.62 bits per heavy atom. The predicted molar refractivity (Wildman–Crippen MR) is 99.7 cm³/mol. The average molecular weight is 356 g/mol. The van der Waals surface area contributed by atoms with Gasteiger partial charge in [0.25, 0.3) is 0 Å². The van der Waals surface area contributed by atoms with Gasteiger partial charge < -0.3 is 4.57 Å². The fourth-order valence-electron chi connectivity index (χ4n) is 3.28. The highest BCUT2D eigenvalue weighted by molar-refractivity contribution is 7.07. The Kier molecular flexibility index (Phi) is 4.50. The van der Waals surface area contributed by atoms with E-state index in [0.717, 1.165) is 15.5 Å². The van der Waals surface area contributed by atoms with Gasteiger partial charge in [-0.05, 0) is 42.7 Å². The van der Waals surface area contributed by atoms with Gasteiger partial charge in [-0.25, -0.2) is 4.99 Å². The van der Waals surface area contributed by atoms with Crippen molar-refractivity contribution in [1.82, 2.24) is 9.55 Å². The smallest absolute Gasteiger partial charge is 0.190 e. The van der Waals surface area contributed by atoms with Gasteiger partial charge >= 0.3 is 0 Å². The molecule has 0 amide bonds. The molecular weight excluding hydrogens is 338 g/mol. The Morgan fingerprint density at radius 2 is 1.92 bits per heavy atom. The maximum Gasteiger partial charge on any atom is 0.190 e. The minimum atomic E-state index is 0.525. The summed E-state index contributed by atoms with van der Waals surface area (Å²) in [5.41, 5.74) is 3.31. The van der Waals surface area contributed by atoms with Crippen molar-refractivity contribution in [3.8, 4) is 11.3 Å². The normalized spacial score (nSPS) is 16.0. The van der Waals surface area contributed by atoms with Crippen LogP contribution in [0.1, 0.15) is 31.7 Å². The quantitative estimate of drug-likeness (QED) is 0.600. The van der Waals surface area contributed by atoms with Crippen LogP contribution in [0.15, 0.2) is 59.2 Å². The molecule has 0 N–H and O–H groups in total. The van der Waals surface area contributed by atoms with Gasteiger partial charge in [0.2, 0.25) is 0 Å². The van der Waals surface area contributed by atoms with Crippen LogP contribution in [-0.2, 0) is 0 Å². The Hall–Kier alpha value is -1.91. The van der Waals surface area contributed by atoms with Crippen molar-refractivity contribution in [3.63, 3.8) is 0 Å². The second kappa shape index (κ2) is 6.91. The third-order valence-corrected chi connectivity index (χ3v) is 5.53. The minimum Gasteiger partial charge on any atom is -0.313 e. The summed E-state index contributed by atoms with van der Waals surface area (Å²) in [7, 11) is 0. The van der Waals surface area contributed by atoms with Crippen molar-refractivity contribution in [2.24, 2.45) is 4.99 Å². The molecule has 5 heteroatoms. The predicted octanol–water partition coefficient (Wildman–Crippen LogP) is 5.61. The second-order valence-corrected chi connectivity index (χ2v) is 7.31. The summed E-state index contributed by atoms with van der Waals surface area (Å²) < 4.78 is 2.41. The number of thiazole rings is 1. The van der Waals surface area contributed by atoms with Crippen LogP contribution in [-0.4, -0.2) is 9.55 Å². The van der Waals surface area contributed by atoms with Crippen LogP contribution in [0.5, 0.6) is 0 Å². The SMILES string of the molecule is Clc1ccc(-c2csc(=Nc3cccnc3)n2C2CCCC2)cc1. The first-order chi connectivity index (χ1) is 11.8. The highest BCUT2D eigenvalue weighted by Crippen LogP contribution is 2.33. The molecule has 1 aliphatic carbocycles. The Labute approximate surface area is 150 Å². The standard InChI is InChI=1S/C19H18ClN3S/c20-15-9-7-14(8-10-15)18-13-24-19(22-16-4-3-11-21-12-16)23(18)17-5-1-2-6-17/h3-4,7-13,17H,1-2,5-6H2. The van der Waals surface area contributed by atoms with E-state index in [0.29, 0.717) is 6.04 Å². The molecule has 0 spiro atoms. The first-order valence-electron chi connectivity index (χ1n) is 8.22. The molecule has 3 nitrogen and oxygen atoms in total. The number of hydrogen-bond donors (Lipinski definition) is 0. The zero-order valence-corrected chi connectivity index (χ0v) is 14.8. The van der Waals surface area contributed by atoms with Crippen molar-refractivity contribution < 1.29 is 0 Å². The molecule has 0 unspecified atom stereocenters. The molecule has 0 saturated heterocycles. The summed E-state index contributed by atoms with van der Waals surface area (Å²) in [4.78, 5) is 10.1. The van der Waals surface area contributed by atoms with Crippen molar-refractivity contribution in [1.29, 1.82) is 0 Å². The number of nitrogens with zero attached hydrogens (tertiary/aromatic N) is 3. The molecule has 0 bridgehead atoms. The van der Waals surface area contributed by atoms with Crippen LogP contribution in [0.2, 0.25) is 5.02 Å². The van der Waals surface area contributed by atoms with Gasteiger partial charge in [-0.1, -0.05) is 36.6 Å². The lowest BCUT2D eigenvalue weighted by molar-refractivity contribution is 0.512. The Balaban J connectivity index is 1.86. The lowest BCUT2D eigenvalue weighted by Gasteiger charge is -2.16. The minimum absolute atomic E-state index is 0.525. The zero-order chi connectivity index (χ0) is 16.4. The number of aromatic nitrogens is 2. The van der Waals surface area contributed by atoms with E-state index in [-0.39, 0.29) is 0 Å². The summed E-state index contributed by atoms with van der Waals surface area (Å²) in [6.45, 7) is 0. The molecule has 2 heterocycles. The van der Waals surface area contributed by atoms with Gasteiger partial charge in [0.15, 0.2) is 4.80 Å². The molecule has 1 fully saturated rings. The van der Waals surface area contributed by atoms with Crippen molar-refractivity contribution >= 4 is 28.6 Å². The molecule has 1 aromatic carbocycles. The zero-order valence-electron chi connectivity index (χ0n) is 13.2. The molecule has 0 aliphatic heterocycles. The first kappa shape index (κ1) is 15.6. The summed E-state index contributed by atoms with van der Waals surface area (Å²) >= 11 is 7.74. The van der Waals surface area contributed by atoms with E-state index < -0.39 is 0 Å². The average Bonchev–Trinajstić information content (AvgIpc) is 3.26. The maximum atomic E-state index is 6.05. The largest absolute Gasteiger partial charge is 0.313 e. The van der Waals surface area contributed by atoms with Gasteiger partial charge in [-0.2, -0.15) is 0 Å². The number of hydrogen-bond acceptors (Lipinski definition) is 3.